The number of nitrogens with zero attached hydrogens (tertiary/aromatic N) is 2. The summed E-state index contributed by atoms with van der Waals surface area (Å²) in [5.41, 5.74) is 1.93. The van der Waals surface area contributed by atoms with Crippen molar-refractivity contribution in [2.75, 3.05) is 26.6 Å². The number of anilines is 1. The van der Waals surface area contributed by atoms with Crippen LogP contribution in [0, 0.1) is 0 Å². The molecule has 0 spiro atoms. The average molecular weight is 420 g/mol. The van der Waals surface area contributed by atoms with Crippen molar-refractivity contribution < 1.29 is 19.0 Å². The first-order chi connectivity index (χ1) is 15.1. The molecule has 0 radical (unpaired) electrons. The van der Waals surface area contributed by atoms with E-state index in [0.717, 1.165) is 5.56 Å². The maximum absolute atomic E-state index is 13.0. The molecule has 1 heterocycles. The van der Waals surface area contributed by atoms with Crippen molar-refractivity contribution in [1.29, 1.82) is 0 Å². The standard InChI is InChI=1S/C23H24N4O4/c1-29-18-11-17(12-19(13-18)30-2)22(28)27-23(25-15-16-7-6-10-24-14-16)26-20-8-4-5-9-21(20)31-3/h4-14H,15H2,1-3H3,(H2,25,26,27,28). The fourth-order valence-electron chi connectivity index (χ4n) is 2.77. The highest BCUT2D eigenvalue weighted by Gasteiger charge is 2.14. The molecule has 8 nitrogen and oxygen atoms in total. The maximum atomic E-state index is 13.0. The maximum Gasteiger partial charge on any atom is 0.258 e. The van der Waals surface area contributed by atoms with Gasteiger partial charge in [0.25, 0.3) is 5.91 Å². The summed E-state index contributed by atoms with van der Waals surface area (Å²) in [6.07, 6.45) is 3.41. The van der Waals surface area contributed by atoms with Crippen LogP contribution in [0.5, 0.6) is 17.2 Å². The molecule has 0 aliphatic carbocycles. The number of aromatic nitrogens is 1. The number of hydrogen-bond donors (Lipinski definition) is 2. The van der Waals surface area contributed by atoms with Gasteiger partial charge in [-0.15, -0.1) is 0 Å². The Bertz CT molecular complexity index is 1030. The summed E-state index contributed by atoms with van der Waals surface area (Å²) < 4.78 is 15.9. The van der Waals surface area contributed by atoms with Crippen LogP contribution in [0.4, 0.5) is 5.69 Å². The molecule has 160 valence electrons. The highest BCUT2D eigenvalue weighted by molar-refractivity contribution is 6.10. The quantitative estimate of drug-likeness (QED) is 0.449. The van der Waals surface area contributed by atoms with Gasteiger partial charge in [-0.3, -0.25) is 15.1 Å². The minimum Gasteiger partial charge on any atom is -0.497 e. The molecule has 0 atom stereocenters. The normalized spacial score (nSPS) is 10.9. The Hall–Kier alpha value is -4.07. The Balaban J connectivity index is 1.87. The van der Waals surface area contributed by atoms with Crippen LogP contribution in [0.3, 0.4) is 0 Å². The van der Waals surface area contributed by atoms with E-state index in [0.29, 0.717) is 35.0 Å². The van der Waals surface area contributed by atoms with E-state index in [1.54, 1.807) is 37.7 Å². The summed E-state index contributed by atoms with van der Waals surface area (Å²) in [7, 11) is 4.63. The SMILES string of the molecule is COc1cc(OC)cc(C(=O)NC(=NCc2cccnc2)Nc2ccccc2OC)c1. The first kappa shape index (κ1) is 21.6. The second-order valence-corrected chi connectivity index (χ2v) is 6.41. The van der Waals surface area contributed by atoms with Gasteiger partial charge in [0.15, 0.2) is 0 Å². The lowest BCUT2D eigenvalue weighted by Gasteiger charge is -2.15. The van der Waals surface area contributed by atoms with Gasteiger partial charge in [0.05, 0.1) is 33.6 Å². The largest absolute Gasteiger partial charge is 0.497 e. The van der Waals surface area contributed by atoms with Gasteiger partial charge in [0, 0.05) is 24.0 Å². The number of rotatable bonds is 7. The molecule has 31 heavy (non-hydrogen) atoms. The summed E-state index contributed by atoms with van der Waals surface area (Å²) in [5.74, 6) is 1.53. The number of aliphatic imine (C=N–C) groups is 1. The van der Waals surface area contributed by atoms with E-state index in [1.807, 2.05) is 36.4 Å². The number of amides is 1. The lowest BCUT2D eigenvalue weighted by molar-refractivity contribution is 0.0976. The van der Waals surface area contributed by atoms with E-state index >= 15 is 0 Å². The van der Waals surface area contributed by atoms with Gasteiger partial charge >= 0.3 is 0 Å². The van der Waals surface area contributed by atoms with Gasteiger partial charge in [-0.05, 0) is 35.9 Å². The summed E-state index contributed by atoms with van der Waals surface area (Å²) in [5, 5.41) is 5.96. The lowest BCUT2D eigenvalue weighted by atomic mass is 10.2. The predicted molar refractivity (Wildman–Crippen MR) is 119 cm³/mol. The number of carbonyl (C=O) groups is 1. The molecule has 0 saturated heterocycles. The summed E-state index contributed by atoms with van der Waals surface area (Å²) in [4.78, 5) is 21.6. The smallest absolute Gasteiger partial charge is 0.258 e. The molecule has 1 aromatic heterocycles. The minimum atomic E-state index is -0.371. The fourth-order valence-corrected chi connectivity index (χ4v) is 2.77. The first-order valence-electron chi connectivity index (χ1n) is 9.50. The predicted octanol–water partition coefficient (Wildman–Crippen LogP) is 3.51. The topological polar surface area (TPSA) is 94.1 Å². The average Bonchev–Trinajstić information content (AvgIpc) is 2.83. The van der Waals surface area contributed by atoms with Gasteiger partial charge in [-0.1, -0.05) is 18.2 Å². The molecule has 2 N–H and O–H groups in total. The Kier molecular flexibility index (Phi) is 7.42. The number of para-hydroxylation sites is 2. The number of carbonyl (C=O) groups excluding carboxylic acids is 1. The molecule has 8 heteroatoms. The van der Waals surface area contributed by atoms with Crippen molar-refractivity contribution >= 4 is 17.6 Å². The third kappa shape index (κ3) is 5.96. The fraction of sp³-hybridized carbons (Fsp3) is 0.174. The van der Waals surface area contributed by atoms with Crippen LogP contribution < -0.4 is 24.8 Å². The Morgan fingerprint density at radius 1 is 0.968 bits per heavy atom. The molecule has 0 bridgehead atoms. The van der Waals surface area contributed by atoms with E-state index in [9.17, 15) is 4.79 Å². The molecule has 1 amide bonds. The zero-order valence-corrected chi connectivity index (χ0v) is 17.6. The van der Waals surface area contributed by atoms with Gasteiger partial charge in [0.2, 0.25) is 5.96 Å². The number of pyridine rings is 1. The van der Waals surface area contributed by atoms with Gasteiger partial charge in [-0.2, -0.15) is 0 Å². The van der Waals surface area contributed by atoms with Crippen LogP contribution in [-0.4, -0.2) is 38.2 Å². The number of hydrogen-bond acceptors (Lipinski definition) is 6. The molecular weight excluding hydrogens is 396 g/mol. The van der Waals surface area contributed by atoms with E-state index in [4.69, 9.17) is 14.2 Å². The zero-order valence-electron chi connectivity index (χ0n) is 17.6. The van der Waals surface area contributed by atoms with Gasteiger partial charge in [-0.25, -0.2) is 4.99 Å². The third-order valence-electron chi connectivity index (χ3n) is 4.35. The molecule has 0 aliphatic rings. The molecule has 0 unspecified atom stereocenters. The molecule has 0 fully saturated rings. The number of nitrogens with one attached hydrogen (secondary N) is 2. The van der Waals surface area contributed by atoms with Crippen molar-refractivity contribution in [3.8, 4) is 17.2 Å². The Morgan fingerprint density at radius 3 is 2.35 bits per heavy atom. The first-order valence-corrected chi connectivity index (χ1v) is 9.50. The molecule has 3 rings (SSSR count). The molecular formula is C23H24N4O4. The van der Waals surface area contributed by atoms with Crippen LogP contribution >= 0.6 is 0 Å². The van der Waals surface area contributed by atoms with Gasteiger partial charge in [0.1, 0.15) is 17.2 Å². The lowest BCUT2D eigenvalue weighted by Crippen LogP contribution is -2.36. The second-order valence-electron chi connectivity index (χ2n) is 6.41. The van der Waals surface area contributed by atoms with Crippen molar-refractivity contribution in [2.45, 2.75) is 6.54 Å². The summed E-state index contributed by atoms with van der Waals surface area (Å²) in [6.45, 7) is 0.326. The summed E-state index contributed by atoms with van der Waals surface area (Å²) >= 11 is 0. The Morgan fingerprint density at radius 2 is 1.71 bits per heavy atom. The molecule has 2 aromatic carbocycles. The van der Waals surface area contributed by atoms with Crippen LogP contribution in [-0.2, 0) is 6.54 Å². The summed E-state index contributed by atoms with van der Waals surface area (Å²) in [6, 6.07) is 16.1. The van der Waals surface area contributed by atoms with E-state index < -0.39 is 0 Å². The number of ether oxygens (including phenoxy) is 3. The van der Waals surface area contributed by atoms with E-state index in [1.165, 1.54) is 14.2 Å². The number of methoxy groups -OCH3 is 3. The molecule has 0 saturated carbocycles. The highest BCUT2D eigenvalue weighted by atomic mass is 16.5. The molecule has 3 aromatic rings. The van der Waals surface area contributed by atoms with Crippen LogP contribution in [0.2, 0.25) is 0 Å². The van der Waals surface area contributed by atoms with E-state index in [-0.39, 0.29) is 11.9 Å². The number of guanidine groups is 1. The van der Waals surface area contributed by atoms with Crippen molar-refractivity contribution in [3.63, 3.8) is 0 Å². The monoisotopic (exact) mass is 420 g/mol. The van der Waals surface area contributed by atoms with Crippen molar-refractivity contribution in [1.82, 2.24) is 10.3 Å². The number of benzene rings is 2. The van der Waals surface area contributed by atoms with Crippen molar-refractivity contribution in [2.24, 2.45) is 4.99 Å². The van der Waals surface area contributed by atoms with Crippen LogP contribution in [0.1, 0.15) is 15.9 Å². The highest BCUT2D eigenvalue weighted by Crippen LogP contribution is 2.24. The van der Waals surface area contributed by atoms with Crippen molar-refractivity contribution in [3.05, 3.63) is 78.1 Å². The molecule has 0 aliphatic heterocycles. The van der Waals surface area contributed by atoms with Crippen LogP contribution in [0.15, 0.2) is 72.0 Å². The zero-order chi connectivity index (χ0) is 22.1. The van der Waals surface area contributed by atoms with Crippen LogP contribution in [0.25, 0.3) is 0 Å². The van der Waals surface area contributed by atoms with Gasteiger partial charge < -0.3 is 19.5 Å². The Labute approximate surface area is 180 Å². The van der Waals surface area contributed by atoms with E-state index in [2.05, 4.69) is 20.6 Å². The second kappa shape index (κ2) is 10.6. The minimum absolute atomic E-state index is 0.264. The third-order valence-corrected chi connectivity index (χ3v) is 4.35.